The Kier molecular flexibility index (Phi) is 5.03. The molecule has 0 aliphatic carbocycles. The normalized spacial score (nSPS) is 38.3. The van der Waals surface area contributed by atoms with Gasteiger partial charge in [-0.2, -0.15) is 0 Å². The van der Waals surface area contributed by atoms with Gasteiger partial charge in [0.15, 0.2) is 0 Å². The first kappa shape index (κ1) is 14.1. The van der Waals surface area contributed by atoms with Crippen LogP contribution in [0.2, 0.25) is 0 Å². The van der Waals surface area contributed by atoms with E-state index in [1.807, 2.05) is 0 Å². The molecule has 1 heterocycles. The van der Waals surface area contributed by atoms with Crippen LogP contribution in [0, 0.1) is 0 Å². The second-order valence-electron chi connectivity index (χ2n) is 3.63. The summed E-state index contributed by atoms with van der Waals surface area (Å²) < 4.78 is 9.68. The van der Waals surface area contributed by atoms with E-state index < -0.39 is 43.3 Å². The fourth-order valence-electron chi connectivity index (χ4n) is 1.45. The van der Waals surface area contributed by atoms with Crippen molar-refractivity contribution in [2.45, 2.75) is 37.6 Å². The molecule has 1 saturated heterocycles. The fraction of sp³-hybridized carbons (Fsp3) is 0.700. The standard InChI is InChI=1S/C10H16O7/c1-2-3-6(12)17-10-9(15)8(14)7(13)5(4-11)16-10/h2-3,5,7-11,13-15H,4H2,1H3/t5-,7-,8+,9-,10?/m1/s1. The lowest BCUT2D eigenvalue weighted by Gasteiger charge is -2.38. The Morgan fingerprint density at radius 1 is 1.29 bits per heavy atom. The monoisotopic (exact) mass is 248 g/mol. The van der Waals surface area contributed by atoms with E-state index in [0.29, 0.717) is 0 Å². The number of allylic oxidation sites excluding steroid dienone is 1. The summed E-state index contributed by atoms with van der Waals surface area (Å²) in [5.74, 6) is -0.753. The third kappa shape index (κ3) is 3.24. The molecule has 0 bridgehead atoms. The average molecular weight is 248 g/mol. The Balaban J connectivity index is 2.68. The Morgan fingerprint density at radius 2 is 1.94 bits per heavy atom. The average Bonchev–Trinajstić information content (AvgIpc) is 2.30. The zero-order valence-corrected chi connectivity index (χ0v) is 9.26. The lowest BCUT2D eigenvalue weighted by atomic mass is 9.99. The number of aliphatic hydroxyl groups excluding tert-OH is 4. The maximum atomic E-state index is 11.1. The first-order valence-corrected chi connectivity index (χ1v) is 5.15. The minimum atomic E-state index is -1.57. The zero-order valence-electron chi connectivity index (χ0n) is 9.26. The van der Waals surface area contributed by atoms with E-state index in [1.54, 1.807) is 6.92 Å². The van der Waals surface area contributed by atoms with Gasteiger partial charge in [-0.15, -0.1) is 0 Å². The van der Waals surface area contributed by atoms with Crippen LogP contribution in [0.15, 0.2) is 12.2 Å². The second kappa shape index (κ2) is 6.08. The van der Waals surface area contributed by atoms with E-state index in [-0.39, 0.29) is 0 Å². The molecule has 0 aromatic carbocycles. The van der Waals surface area contributed by atoms with Crippen molar-refractivity contribution >= 4 is 5.97 Å². The van der Waals surface area contributed by atoms with Crippen molar-refractivity contribution in [3.05, 3.63) is 12.2 Å². The highest BCUT2D eigenvalue weighted by atomic mass is 16.7. The Morgan fingerprint density at radius 3 is 2.47 bits per heavy atom. The van der Waals surface area contributed by atoms with Gasteiger partial charge in [0.1, 0.15) is 24.4 Å². The van der Waals surface area contributed by atoms with Crippen LogP contribution in [-0.4, -0.2) is 63.7 Å². The van der Waals surface area contributed by atoms with Gasteiger partial charge in [-0.05, 0) is 6.92 Å². The molecular formula is C10H16O7. The maximum Gasteiger partial charge on any atom is 0.332 e. The van der Waals surface area contributed by atoms with Crippen LogP contribution >= 0.6 is 0 Å². The summed E-state index contributed by atoms with van der Waals surface area (Å²) in [6.45, 7) is 1.04. The summed E-state index contributed by atoms with van der Waals surface area (Å²) in [7, 11) is 0. The summed E-state index contributed by atoms with van der Waals surface area (Å²) in [5, 5.41) is 37.3. The van der Waals surface area contributed by atoms with Crippen molar-refractivity contribution in [3.8, 4) is 0 Å². The number of carbonyl (C=O) groups excluding carboxylic acids is 1. The molecule has 5 atom stereocenters. The zero-order chi connectivity index (χ0) is 13.0. The Hall–Kier alpha value is -0.990. The van der Waals surface area contributed by atoms with E-state index in [2.05, 4.69) is 0 Å². The number of rotatable bonds is 3. The predicted molar refractivity (Wildman–Crippen MR) is 54.7 cm³/mol. The summed E-state index contributed by atoms with van der Waals surface area (Å²) in [6, 6.07) is 0. The molecule has 0 aromatic heterocycles. The number of hydrogen-bond acceptors (Lipinski definition) is 7. The van der Waals surface area contributed by atoms with Crippen molar-refractivity contribution in [2.75, 3.05) is 6.61 Å². The Bertz CT molecular complexity index is 288. The van der Waals surface area contributed by atoms with Crippen LogP contribution in [0.25, 0.3) is 0 Å². The van der Waals surface area contributed by atoms with E-state index in [4.69, 9.17) is 14.6 Å². The van der Waals surface area contributed by atoms with Crippen molar-refractivity contribution in [1.29, 1.82) is 0 Å². The van der Waals surface area contributed by atoms with Crippen LogP contribution in [0.3, 0.4) is 0 Å². The van der Waals surface area contributed by atoms with Gasteiger partial charge in [-0.1, -0.05) is 6.08 Å². The van der Waals surface area contributed by atoms with E-state index in [1.165, 1.54) is 6.08 Å². The van der Waals surface area contributed by atoms with Crippen molar-refractivity contribution in [3.63, 3.8) is 0 Å². The van der Waals surface area contributed by atoms with Crippen LogP contribution in [0.4, 0.5) is 0 Å². The van der Waals surface area contributed by atoms with Crippen molar-refractivity contribution in [2.24, 2.45) is 0 Å². The SMILES string of the molecule is CC=CC(=O)OC1O[C@H](CO)[C@@H](O)[C@H](O)[C@H]1O. The molecule has 1 aliphatic heterocycles. The van der Waals surface area contributed by atoms with Crippen molar-refractivity contribution < 1.29 is 34.7 Å². The van der Waals surface area contributed by atoms with Gasteiger partial charge in [0, 0.05) is 6.08 Å². The molecule has 7 heteroatoms. The van der Waals surface area contributed by atoms with Gasteiger partial charge in [-0.3, -0.25) is 0 Å². The highest BCUT2D eigenvalue weighted by molar-refractivity contribution is 5.81. The van der Waals surface area contributed by atoms with Gasteiger partial charge in [-0.25, -0.2) is 4.79 Å². The van der Waals surface area contributed by atoms with Gasteiger partial charge in [0.2, 0.25) is 6.29 Å². The molecule has 0 spiro atoms. The number of ether oxygens (including phenoxy) is 2. The maximum absolute atomic E-state index is 11.1. The molecule has 0 aromatic rings. The van der Waals surface area contributed by atoms with Gasteiger partial charge < -0.3 is 29.9 Å². The second-order valence-corrected chi connectivity index (χ2v) is 3.63. The van der Waals surface area contributed by atoms with Crippen LogP contribution < -0.4 is 0 Å². The van der Waals surface area contributed by atoms with E-state index in [0.717, 1.165) is 6.08 Å². The van der Waals surface area contributed by atoms with Crippen LogP contribution in [0.1, 0.15) is 6.92 Å². The molecule has 1 rings (SSSR count). The van der Waals surface area contributed by atoms with Crippen molar-refractivity contribution in [1.82, 2.24) is 0 Å². The molecule has 0 radical (unpaired) electrons. The smallest absolute Gasteiger partial charge is 0.332 e. The number of aliphatic hydroxyl groups is 4. The molecule has 0 saturated carbocycles. The van der Waals surface area contributed by atoms with Gasteiger partial charge in [0.25, 0.3) is 0 Å². The summed E-state index contributed by atoms with van der Waals surface area (Å²) in [6.07, 6.45) is -4.54. The highest BCUT2D eigenvalue weighted by Gasteiger charge is 2.45. The molecule has 1 aliphatic rings. The summed E-state index contributed by atoms with van der Waals surface area (Å²) >= 11 is 0. The first-order chi connectivity index (χ1) is 8.01. The highest BCUT2D eigenvalue weighted by Crippen LogP contribution is 2.21. The minimum absolute atomic E-state index is 0.567. The largest absolute Gasteiger partial charge is 0.430 e. The molecule has 7 nitrogen and oxygen atoms in total. The molecule has 0 amide bonds. The number of hydrogen-bond donors (Lipinski definition) is 4. The van der Waals surface area contributed by atoms with Crippen LogP contribution in [-0.2, 0) is 14.3 Å². The molecule has 1 fully saturated rings. The third-order valence-corrected chi connectivity index (χ3v) is 2.38. The number of carbonyl (C=O) groups is 1. The first-order valence-electron chi connectivity index (χ1n) is 5.15. The molecule has 17 heavy (non-hydrogen) atoms. The lowest BCUT2D eigenvalue weighted by molar-refractivity contribution is -0.291. The fourth-order valence-corrected chi connectivity index (χ4v) is 1.45. The Labute approximate surface area is 97.9 Å². The third-order valence-electron chi connectivity index (χ3n) is 2.38. The quantitative estimate of drug-likeness (QED) is 0.334. The van der Waals surface area contributed by atoms with Gasteiger partial charge in [0.05, 0.1) is 6.61 Å². The molecule has 1 unspecified atom stereocenters. The van der Waals surface area contributed by atoms with E-state index in [9.17, 15) is 20.1 Å². The summed E-state index contributed by atoms with van der Waals surface area (Å²) in [4.78, 5) is 11.1. The lowest BCUT2D eigenvalue weighted by Crippen LogP contribution is -2.59. The molecule has 98 valence electrons. The summed E-state index contributed by atoms with van der Waals surface area (Å²) in [5.41, 5.74) is 0. The molecule has 4 N–H and O–H groups in total. The predicted octanol–water partition coefficient (Wildman–Crippen LogP) is -2.09. The van der Waals surface area contributed by atoms with Gasteiger partial charge >= 0.3 is 5.97 Å². The van der Waals surface area contributed by atoms with E-state index >= 15 is 0 Å². The molecular weight excluding hydrogens is 232 g/mol. The minimum Gasteiger partial charge on any atom is -0.430 e. The topological polar surface area (TPSA) is 116 Å². The van der Waals surface area contributed by atoms with Crippen LogP contribution in [0.5, 0.6) is 0 Å². The number of esters is 1.